The third-order valence-electron chi connectivity index (χ3n) is 4.10. The summed E-state index contributed by atoms with van der Waals surface area (Å²) in [6.07, 6.45) is 0.615. The minimum absolute atomic E-state index is 0.0152. The number of benzene rings is 2. The Bertz CT molecular complexity index is 940. The Kier molecular flexibility index (Phi) is 5.88. The van der Waals surface area contributed by atoms with E-state index in [4.69, 9.17) is 4.52 Å². The maximum Gasteiger partial charge on any atom is 0.284 e. The number of rotatable bonds is 7. The predicted octanol–water partition coefficient (Wildman–Crippen LogP) is 4.25. The highest BCUT2D eigenvalue weighted by Gasteiger charge is 2.19. The van der Waals surface area contributed by atoms with Crippen molar-refractivity contribution in [1.29, 1.82) is 0 Å². The topological polar surface area (TPSA) is 94.1 Å². The number of likely N-dealkylation sites (N-methyl/N-ethyl adjacent to an activating group) is 1. The Labute approximate surface area is 161 Å². The Hall–Kier alpha value is -2.71. The van der Waals surface area contributed by atoms with E-state index in [-0.39, 0.29) is 22.5 Å². The molecule has 0 amide bonds. The predicted molar refractivity (Wildman–Crippen MR) is 104 cm³/mol. The molecule has 1 atom stereocenters. The first-order valence-electron chi connectivity index (χ1n) is 8.49. The summed E-state index contributed by atoms with van der Waals surface area (Å²) >= 11 is 1.36. The van der Waals surface area contributed by atoms with Gasteiger partial charge in [-0.25, -0.2) is 0 Å². The average Bonchev–Trinajstić information content (AvgIpc) is 3.12. The van der Waals surface area contributed by atoms with E-state index in [9.17, 15) is 10.1 Å². The number of nitrogens with zero attached hydrogens (tertiary/aromatic N) is 3. The lowest BCUT2D eigenvalue weighted by Crippen LogP contribution is -2.24. The van der Waals surface area contributed by atoms with Crippen molar-refractivity contribution in [2.75, 3.05) is 7.05 Å². The number of hydrogen-bond donors (Lipinski definition) is 1. The molecule has 2 aromatic carbocycles. The van der Waals surface area contributed by atoms with Gasteiger partial charge in [0.2, 0.25) is 0 Å². The summed E-state index contributed by atoms with van der Waals surface area (Å²) in [6.45, 7) is 4.01. The third-order valence-corrected chi connectivity index (χ3v) is 5.17. The van der Waals surface area contributed by atoms with Crippen LogP contribution in [0.15, 0.2) is 56.8 Å². The van der Waals surface area contributed by atoms with Crippen molar-refractivity contribution >= 4 is 17.4 Å². The molecule has 0 fully saturated rings. The highest BCUT2D eigenvalue weighted by Crippen LogP contribution is 2.37. The maximum absolute atomic E-state index is 11.6. The second kappa shape index (κ2) is 8.32. The molecule has 0 aliphatic rings. The van der Waals surface area contributed by atoms with Crippen LogP contribution in [0.25, 0.3) is 11.5 Å². The van der Waals surface area contributed by atoms with Crippen molar-refractivity contribution in [3.05, 3.63) is 64.0 Å². The summed E-state index contributed by atoms with van der Waals surface area (Å²) in [5.41, 5.74) is 1.69. The molecule has 140 valence electrons. The van der Waals surface area contributed by atoms with Crippen LogP contribution >= 0.6 is 11.8 Å². The third kappa shape index (κ3) is 4.72. The van der Waals surface area contributed by atoms with E-state index in [0.29, 0.717) is 22.7 Å². The highest BCUT2D eigenvalue weighted by atomic mass is 32.2. The van der Waals surface area contributed by atoms with Gasteiger partial charge in [-0.1, -0.05) is 34.6 Å². The van der Waals surface area contributed by atoms with Crippen molar-refractivity contribution in [3.63, 3.8) is 0 Å². The van der Waals surface area contributed by atoms with Gasteiger partial charge in [0.15, 0.2) is 5.82 Å². The van der Waals surface area contributed by atoms with E-state index in [2.05, 4.69) is 15.5 Å². The zero-order chi connectivity index (χ0) is 19.4. The molecule has 0 radical (unpaired) electrons. The highest BCUT2D eigenvalue weighted by molar-refractivity contribution is 7.99. The van der Waals surface area contributed by atoms with Gasteiger partial charge >= 0.3 is 0 Å². The first-order chi connectivity index (χ1) is 13.0. The largest absolute Gasteiger partial charge is 0.334 e. The van der Waals surface area contributed by atoms with E-state index in [0.717, 1.165) is 10.5 Å². The smallest absolute Gasteiger partial charge is 0.284 e. The number of aromatic nitrogens is 2. The summed E-state index contributed by atoms with van der Waals surface area (Å²) in [5.74, 6) is 0.843. The zero-order valence-corrected chi connectivity index (χ0v) is 16.1. The van der Waals surface area contributed by atoms with Gasteiger partial charge in [0, 0.05) is 29.0 Å². The Balaban J connectivity index is 1.87. The monoisotopic (exact) mass is 384 g/mol. The van der Waals surface area contributed by atoms with Crippen molar-refractivity contribution in [3.8, 4) is 11.5 Å². The van der Waals surface area contributed by atoms with Crippen molar-refractivity contribution in [1.82, 2.24) is 15.5 Å². The maximum atomic E-state index is 11.6. The van der Waals surface area contributed by atoms with Crippen LogP contribution in [-0.4, -0.2) is 28.2 Å². The minimum atomic E-state index is -0.389. The lowest BCUT2D eigenvalue weighted by atomic mass is 10.2. The molecule has 27 heavy (non-hydrogen) atoms. The normalized spacial score (nSPS) is 12.1. The molecule has 8 heteroatoms. The standard InChI is InChI=1S/C19H20N4O3S/c1-12-4-7-15(8-5-12)27-17-9-6-14(11-16(17)23(24)25)19-21-18(22-26-19)10-13(2)20-3/h4-9,11,13,20H,10H2,1-3H3. The quantitative estimate of drug-likeness (QED) is 0.480. The van der Waals surface area contributed by atoms with Gasteiger partial charge in [-0.15, -0.1) is 0 Å². The molecular weight excluding hydrogens is 364 g/mol. The van der Waals surface area contributed by atoms with E-state index in [1.807, 2.05) is 45.2 Å². The first kappa shape index (κ1) is 19.1. The number of nitrogens with one attached hydrogen (secondary N) is 1. The number of hydrogen-bond acceptors (Lipinski definition) is 7. The van der Waals surface area contributed by atoms with Gasteiger partial charge < -0.3 is 9.84 Å². The lowest BCUT2D eigenvalue weighted by Gasteiger charge is -2.05. The molecule has 0 bridgehead atoms. The van der Waals surface area contributed by atoms with Gasteiger partial charge in [-0.3, -0.25) is 10.1 Å². The summed E-state index contributed by atoms with van der Waals surface area (Å²) < 4.78 is 5.28. The number of aryl methyl sites for hydroxylation is 1. The van der Waals surface area contributed by atoms with Crippen LogP contribution in [0.2, 0.25) is 0 Å². The van der Waals surface area contributed by atoms with Gasteiger partial charge in [-0.05, 0) is 45.2 Å². The van der Waals surface area contributed by atoms with E-state index in [1.165, 1.54) is 17.8 Å². The van der Waals surface area contributed by atoms with Crippen molar-refractivity contribution in [2.45, 2.75) is 36.1 Å². The van der Waals surface area contributed by atoms with Gasteiger partial charge in [0.1, 0.15) is 0 Å². The molecule has 7 nitrogen and oxygen atoms in total. The fraction of sp³-hybridized carbons (Fsp3) is 0.263. The van der Waals surface area contributed by atoms with Crippen LogP contribution in [-0.2, 0) is 6.42 Å². The molecule has 0 spiro atoms. The molecule has 0 aliphatic carbocycles. The van der Waals surface area contributed by atoms with E-state index >= 15 is 0 Å². The van der Waals surface area contributed by atoms with Crippen LogP contribution in [0.5, 0.6) is 0 Å². The van der Waals surface area contributed by atoms with Crippen LogP contribution < -0.4 is 5.32 Å². The second-order valence-electron chi connectivity index (χ2n) is 6.26. The molecule has 0 saturated heterocycles. The molecule has 0 aliphatic heterocycles. The molecule has 1 N–H and O–H groups in total. The minimum Gasteiger partial charge on any atom is -0.334 e. The van der Waals surface area contributed by atoms with Crippen molar-refractivity contribution < 1.29 is 9.45 Å². The molecular formula is C19H20N4O3S. The van der Waals surface area contributed by atoms with Crippen LogP contribution in [0, 0.1) is 17.0 Å². The molecule has 1 unspecified atom stereocenters. The molecule has 3 aromatic rings. The lowest BCUT2D eigenvalue weighted by molar-refractivity contribution is -0.387. The van der Waals surface area contributed by atoms with Gasteiger partial charge in [0.05, 0.1) is 9.82 Å². The van der Waals surface area contributed by atoms with E-state index in [1.54, 1.807) is 12.1 Å². The zero-order valence-electron chi connectivity index (χ0n) is 15.3. The molecule has 1 heterocycles. The van der Waals surface area contributed by atoms with Crippen LogP contribution in [0.1, 0.15) is 18.3 Å². The average molecular weight is 384 g/mol. The van der Waals surface area contributed by atoms with Gasteiger partial charge in [0.25, 0.3) is 11.6 Å². The van der Waals surface area contributed by atoms with Gasteiger partial charge in [-0.2, -0.15) is 4.98 Å². The molecule has 3 rings (SSSR count). The molecule has 1 aromatic heterocycles. The summed E-state index contributed by atoms with van der Waals surface area (Å²) in [4.78, 5) is 17.0. The fourth-order valence-corrected chi connectivity index (χ4v) is 3.34. The SMILES string of the molecule is CNC(C)Cc1noc(-c2ccc(Sc3ccc(C)cc3)c([N+](=O)[O-])c2)n1. The summed E-state index contributed by atoms with van der Waals surface area (Å²) in [6, 6.07) is 13.0. The Morgan fingerprint density at radius 1 is 1.26 bits per heavy atom. The molecule has 0 saturated carbocycles. The number of nitro benzene ring substituents is 1. The summed E-state index contributed by atoms with van der Waals surface area (Å²) in [7, 11) is 1.86. The Morgan fingerprint density at radius 3 is 2.67 bits per heavy atom. The Morgan fingerprint density at radius 2 is 2.00 bits per heavy atom. The summed E-state index contributed by atoms with van der Waals surface area (Å²) in [5, 5.41) is 18.6. The van der Waals surface area contributed by atoms with Crippen LogP contribution in [0.4, 0.5) is 5.69 Å². The number of nitro groups is 1. The van der Waals surface area contributed by atoms with Crippen LogP contribution in [0.3, 0.4) is 0 Å². The fourth-order valence-electron chi connectivity index (χ4n) is 2.44. The van der Waals surface area contributed by atoms with E-state index < -0.39 is 0 Å². The second-order valence-corrected chi connectivity index (χ2v) is 7.38. The first-order valence-corrected chi connectivity index (χ1v) is 9.31. The van der Waals surface area contributed by atoms with Crippen molar-refractivity contribution in [2.24, 2.45) is 0 Å².